The van der Waals surface area contributed by atoms with Crippen molar-refractivity contribution in [1.29, 1.82) is 0 Å². The lowest BCUT2D eigenvalue weighted by molar-refractivity contribution is -0.139. The fraction of sp³-hybridized carbons (Fsp3) is 0.407. The van der Waals surface area contributed by atoms with Gasteiger partial charge in [0, 0.05) is 60.8 Å². The Balaban J connectivity index is 1.20. The lowest BCUT2D eigenvalue weighted by atomic mass is 9.98. The van der Waals surface area contributed by atoms with E-state index >= 15 is 0 Å². The topological polar surface area (TPSA) is 66.8 Å². The molecule has 0 bridgehead atoms. The van der Waals surface area contributed by atoms with E-state index in [2.05, 4.69) is 52.5 Å². The third-order valence-electron chi connectivity index (χ3n) is 7.56. The quantitative estimate of drug-likeness (QED) is 0.604. The summed E-state index contributed by atoms with van der Waals surface area (Å²) >= 11 is 6.39. The molecule has 0 radical (unpaired) electrons. The number of hydrogen-bond acceptors (Lipinski definition) is 3. The number of aromatic nitrogens is 1. The number of nitrogens with zero attached hydrogens (tertiary/aromatic N) is 3. The maximum Gasteiger partial charge on any atom is 0.320 e. The number of piperidine rings is 1. The first-order chi connectivity index (χ1) is 17.0. The summed E-state index contributed by atoms with van der Waals surface area (Å²) in [5.41, 5.74) is 3.66. The van der Waals surface area contributed by atoms with Crippen LogP contribution in [0.4, 0.5) is 4.79 Å². The second-order valence-electron chi connectivity index (χ2n) is 9.83. The second kappa shape index (κ2) is 9.21. The van der Waals surface area contributed by atoms with Gasteiger partial charge < -0.3 is 24.4 Å². The molecule has 0 saturated carbocycles. The van der Waals surface area contributed by atoms with E-state index in [1.165, 1.54) is 11.1 Å². The van der Waals surface area contributed by atoms with Crippen molar-refractivity contribution in [3.8, 4) is 0 Å². The van der Waals surface area contributed by atoms with Crippen LogP contribution in [0, 0.1) is 0 Å². The van der Waals surface area contributed by atoms with Crippen molar-refractivity contribution < 1.29 is 14.3 Å². The van der Waals surface area contributed by atoms with Crippen molar-refractivity contribution in [3.63, 3.8) is 0 Å². The van der Waals surface area contributed by atoms with Crippen molar-refractivity contribution >= 4 is 34.4 Å². The van der Waals surface area contributed by atoms with Gasteiger partial charge in [-0.25, -0.2) is 4.79 Å². The minimum atomic E-state index is -0.120. The van der Waals surface area contributed by atoms with Gasteiger partial charge in [0.05, 0.1) is 12.1 Å². The zero-order valence-corrected chi connectivity index (χ0v) is 20.3. The molecule has 8 heteroatoms. The highest BCUT2D eigenvalue weighted by Crippen LogP contribution is 2.36. The van der Waals surface area contributed by atoms with Crippen LogP contribution >= 0.6 is 11.6 Å². The maximum atomic E-state index is 13.4. The fourth-order valence-corrected chi connectivity index (χ4v) is 5.97. The molecule has 35 heavy (non-hydrogen) atoms. The van der Waals surface area contributed by atoms with Crippen molar-refractivity contribution in [1.82, 2.24) is 19.7 Å². The SMILES string of the molecule is O=C1CO[C@H]2CCN(C(=O)N3CCC(c4cn(Cc5ccccc5)c5ccc(Cl)cc45)C3)CC2N1. The Morgan fingerprint density at radius 1 is 1.06 bits per heavy atom. The van der Waals surface area contributed by atoms with E-state index in [9.17, 15) is 9.59 Å². The number of benzene rings is 2. The van der Waals surface area contributed by atoms with Gasteiger partial charge in [0.2, 0.25) is 5.91 Å². The fourth-order valence-electron chi connectivity index (χ4n) is 5.79. The molecule has 0 aliphatic carbocycles. The highest BCUT2D eigenvalue weighted by atomic mass is 35.5. The molecule has 2 unspecified atom stereocenters. The molecule has 182 valence electrons. The van der Waals surface area contributed by atoms with Crippen LogP contribution in [0.3, 0.4) is 0 Å². The van der Waals surface area contributed by atoms with E-state index in [1.807, 2.05) is 21.9 Å². The van der Waals surface area contributed by atoms with Gasteiger partial charge in [0.1, 0.15) is 6.61 Å². The molecule has 3 aromatic rings. The van der Waals surface area contributed by atoms with Crippen LogP contribution in [0.5, 0.6) is 0 Å². The predicted octanol–water partition coefficient (Wildman–Crippen LogP) is 3.84. The highest BCUT2D eigenvalue weighted by molar-refractivity contribution is 6.31. The van der Waals surface area contributed by atoms with Crippen LogP contribution in [0.1, 0.15) is 29.9 Å². The molecule has 3 amide bonds. The van der Waals surface area contributed by atoms with Gasteiger partial charge in [0.15, 0.2) is 0 Å². The van der Waals surface area contributed by atoms with Gasteiger partial charge in [0.25, 0.3) is 0 Å². The first-order valence-corrected chi connectivity index (χ1v) is 12.7. The summed E-state index contributed by atoms with van der Waals surface area (Å²) in [7, 11) is 0. The average molecular weight is 493 g/mol. The molecular weight excluding hydrogens is 464 g/mol. The molecule has 3 atom stereocenters. The molecule has 1 aromatic heterocycles. The maximum absolute atomic E-state index is 13.4. The van der Waals surface area contributed by atoms with Crippen molar-refractivity contribution in [2.75, 3.05) is 32.8 Å². The highest BCUT2D eigenvalue weighted by Gasteiger charge is 2.39. The summed E-state index contributed by atoms with van der Waals surface area (Å²) < 4.78 is 7.93. The zero-order chi connectivity index (χ0) is 23.9. The Bertz CT molecular complexity index is 1260. The van der Waals surface area contributed by atoms with Crippen LogP contribution in [-0.4, -0.2) is 71.2 Å². The first kappa shape index (κ1) is 22.4. The first-order valence-electron chi connectivity index (χ1n) is 12.3. The molecule has 3 aliphatic rings. The zero-order valence-electron chi connectivity index (χ0n) is 19.5. The number of carbonyl (C=O) groups is 2. The lowest BCUT2D eigenvalue weighted by Gasteiger charge is -2.42. The number of ether oxygens (including phenoxy) is 1. The van der Waals surface area contributed by atoms with Crippen LogP contribution < -0.4 is 5.32 Å². The van der Waals surface area contributed by atoms with Gasteiger partial charge in [-0.15, -0.1) is 0 Å². The van der Waals surface area contributed by atoms with Crippen molar-refractivity contribution in [2.24, 2.45) is 0 Å². The van der Waals surface area contributed by atoms with E-state index in [-0.39, 0.29) is 36.6 Å². The van der Waals surface area contributed by atoms with Crippen molar-refractivity contribution in [3.05, 3.63) is 70.9 Å². The van der Waals surface area contributed by atoms with Crippen LogP contribution in [-0.2, 0) is 16.1 Å². The molecule has 4 heterocycles. The van der Waals surface area contributed by atoms with E-state index in [0.29, 0.717) is 19.6 Å². The number of morpholine rings is 1. The molecule has 3 aliphatic heterocycles. The third kappa shape index (κ3) is 4.39. The number of likely N-dealkylation sites (tertiary alicyclic amines) is 2. The van der Waals surface area contributed by atoms with Gasteiger partial charge >= 0.3 is 6.03 Å². The summed E-state index contributed by atoms with van der Waals surface area (Å²) in [5, 5.41) is 4.87. The van der Waals surface area contributed by atoms with Crippen LogP contribution in [0.2, 0.25) is 5.02 Å². The number of carbonyl (C=O) groups excluding carboxylic acids is 2. The molecule has 3 saturated heterocycles. The Hall–Kier alpha value is -3.03. The van der Waals surface area contributed by atoms with Crippen LogP contribution in [0.15, 0.2) is 54.7 Å². The molecule has 7 nitrogen and oxygen atoms in total. The summed E-state index contributed by atoms with van der Waals surface area (Å²) in [5.74, 6) is 0.152. The summed E-state index contributed by atoms with van der Waals surface area (Å²) in [4.78, 5) is 28.9. The minimum absolute atomic E-state index is 0.00330. The van der Waals surface area contributed by atoms with E-state index in [0.717, 1.165) is 41.9 Å². The largest absolute Gasteiger partial charge is 0.366 e. The monoisotopic (exact) mass is 492 g/mol. The summed E-state index contributed by atoms with van der Waals surface area (Å²) in [6.45, 7) is 3.47. The number of amides is 3. The Morgan fingerprint density at radius 3 is 2.71 bits per heavy atom. The normalized spacial score (nSPS) is 24.5. The molecule has 3 fully saturated rings. The van der Waals surface area contributed by atoms with Gasteiger partial charge in [-0.1, -0.05) is 41.9 Å². The Kier molecular flexibility index (Phi) is 5.90. The van der Waals surface area contributed by atoms with Gasteiger partial charge in [-0.05, 0) is 42.2 Å². The number of urea groups is 1. The molecule has 1 N–H and O–H groups in total. The number of hydrogen-bond donors (Lipinski definition) is 1. The van der Waals surface area contributed by atoms with Gasteiger partial charge in [-0.3, -0.25) is 4.79 Å². The lowest BCUT2D eigenvalue weighted by Crippen LogP contribution is -2.62. The second-order valence-corrected chi connectivity index (χ2v) is 10.3. The number of fused-ring (bicyclic) bond motifs is 2. The molecule has 6 rings (SSSR count). The predicted molar refractivity (Wildman–Crippen MR) is 135 cm³/mol. The summed E-state index contributed by atoms with van der Waals surface area (Å²) in [6.07, 6.45) is 3.91. The Labute approximate surface area is 209 Å². The minimum Gasteiger partial charge on any atom is -0.366 e. The average Bonchev–Trinajstić information content (AvgIpc) is 3.49. The number of rotatable bonds is 3. The van der Waals surface area contributed by atoms with E-state index in [4.69, 9.17) is 16.3 Å². The van der Waals surface area contributed by atoms with E-state index in [1.54, 1.807) is 0 Å². The number of halogens is 1. The van der Waals surface area contributed by atoms with Crippen molar-refractivity contribution in [2.45, 2.75) is 37.5 Å². The van der Waals surface area contributed by atoms with E-state index < -0.39 is 0 Å². The molecule has 2 aromatic carbocycles. The molecular formula is C27H29ClN4O3. The number of nitrogens with one attached hydrogen (secondary N) is 1. The van der Waals surface area contributed by atoms with Crippen LogP contribution in [0.25, 0.3) is 10.9 Å². The van der Waals surface area contributed by atoms with Gasteiger partial charge in [-0.2, -0.15) is 0 Å². The third-order valence-corrected chi connectivity index (χ3v) is 7.80. The molecule has 0 spiro atoms. The Morgan fingerprint density at radius 2 is 1.86 bits per heavy atom. The smallest absolute Gasteiger partial charge is 0.320 e. The summed E-state index contributed by atoms with van der Waals surface area (Å²) in [6, 6.07) is 16.4. The standard InChI is InChI=1S/C27H29ClN4O3/c28-20-6-7-24-21(12-20)22(15-32(24)13-18-4-2-1-3-5-18)19-8-10-30(14-19)27(34)31-11-9-25-23(16-31)29-26(33)17-35-25/h1-7,12,15,19,23,25H,8-11,13-14,16-17H2,(H,29,33)/t19?,23?,25-/m0/s1.